The Morgan fingerprint density at radius 2 is 2.15 bits per heavy atom. The van der Waals surface area contributed by atoms with Crippen molar-refractivity contribution in [1.29, 1.82) is 5.26 Å². The largest absolute Gasteiger partial charge is 0.389 e. The predicted molar refractivity (Wildman–Crippen MR) is 94.7 cm³/mol. The van der Waals surface area contributed by atoms with E-state index in [1.807, 2.05) is 13.0 Å². The highest BCUT2D eigenvalue weighted by molar-refractivity contribution is 5.95. The van der Waals surface area contributed by atoms with Crippen LogP contribution < -0.4 is 5.56 Å². The van der Waals surface area contributed by atoms with Crippen molar-refractivity contribution in [3.05, 3.63) is 33.2 Å². The number of piperidine rings is 1. The van der Waals surface area contributed by atoms with Gasteiger partial charge in [0.05, 0.1) is 11.2 Å². The Bertz CT molecular complexity index is 791. The Balaban J connectivity index is 1.78. The van der Waals surface area contributed by atoms with Gasteiger partial charge in [-0.15, -0.1) is 0 Å². The Labute approximate surface area is 152 Å². The molecular formula is C19H25N3O4. The molecule has 7 heteroatoms. The number of nitrogens with zero attached hydrogens (tertiary/aromatic N) is 2. The molecule has 2 atom stereocenters. The topological polar surface area (TPSA) is 106 Å². The minimum atomic E-state index is -0.779. The van der Waals surface area contributed by atoms with Gasteiger partial charge in [0.1, 0.15) is 11.6 Å². The molecule has 1 amide bonds. The number of H-pyrrole nitrogens is 1. The number of aromatic nitrogens is 1. The summed E-state index contributed by atoms with van der Waals surface area (Å²) in [6.45, 7) is 5.90. The maximum atomic E-state index is 12.9. The maximum absolute atomic E-state index is 12.9. The Morgan fingerprint density at radius 3 is 2.77 bits per heavy atom. The number of hydrogen-bond donors (Lipinski definition) is 2. The van der Waals surface area contributed by atoms with E-state index in [-0.39, 0.29) is 23.3 Å². The van der Waals surface area contributed by atoms with Gasteiger partial charge in [0.2, 0.25) is 0 Å². The molecule has 3 rings (SSSR count). The molecule has 26 heavy (non-hydrogen) atoms. The third-order valence-corrected chi connectivity index (χ3v) is 5.93. The summed E-state index contributed by atoms with van der Waals surface area (Å²) in [5.74, 6) is -0.0681. The van der Waals surface area contributed by atoms with Gasteiger partial charge in [-0.25, -0.2) is 0 Å². The molecule has 3 heterocycles. The van der Waals surface area contributed by atoms with Crippen LogP contribution >= 0.6 is 0 Å². The molecule has 0 aliphatic carbocycles. The molecule has 0 aromatic carbocycles. The lowest BCUT2D eigenvalue weighted by Gasteiger charge is -2.48. The van der Waals surface area contributed by atoms with E-state index < -0.39 is 11.2 Å². The lowest BCUT2D eigenvalue weighted by molar-refractivity contribution is -0.125. The lowest BCUT2D eigenvalue weighted by Crippen LogP contribution is -2.57. The first-order chi connectivity index (χ1) is 12.4. The van der Waals surface area contributed by atoms with Gasteiger partial charge in [-0.05, 0) is 38.2 Å². The van der Waals surface area contributed by atoms with Crippen molar-refractivity contribution in [2.24, 2.45) is 11.8 Å². The molecule has 2 aliphatic rings. The van der Waals surface area contributed by atoms with Crippen molar-refractivity contribution in [3.8, 4) is 6.07 Å². The maximum Gasteiger partial charge on any atom is 0.266 e. The van der Waals surface area contributed by atoms with Gasteiger partial charge in [0.15, 0.2) is 0 Å². The van der Waals surface area contributed by atoms with Crippen molar-refractivity contribution >= 4 is 5.91 Å². The second-order valence-corrected chi connectivity index (χ2v) is 7.44. The summed E-state index contributed by atoms with van der Waals surface area (Å²) in [6.07, 6.45) is 2.22. The van der Waals surface area contributed by atoms with E-state index in [0.29, 0.717) is 44.0 Å². The van der Waals surface area contributed by atoms with E-state index in [4.69, 9.17) is 10.00 Å². The fourth-order valence-corrected chi connectivity index (χ4v) is 4.23. The van der Waals surface area contributed by atoms with Gasteiger partial charge < -0.3 is 19.7 Å². The first kappa shape index (κ1) is 18.6. The van der Waals surface area contributed by atoms with Crippen LogP contribution in [0.1, 0.15) is 47.8 Å². The summed E-state index contributed by atoms with van der Waals surface area (Å²) in [4.78, 5) is 28.9. The van der Waals surface area contributed by atoms with Crippen molar-refractivity contribution in [2.75, 3.05) is 26.3 Å². The summed E-state index contributed by atoms with van der Waals surface area (Å²) >= 11 is 0. The number of nitrogens with one attached hydrogen (secondary N) is 1. The fraction of sp³-hybridized carbons (Fsp3) is 0.632. The molecule has 0 unspecified atom stereocenters. The molecular weight excluding hydrogens is 334 g/mol. The summed E-state index contributed by atoms with van der Waals surface area (Å²) < 4.78 is 5.40. The number of pyridine rings is 1. The zero-order valence-electron chi connectivity index (χ0n) is 15.2. The van der Waals surface area contributed by atoms with Crippen molar-refractivity contribution in [2.45, 2.75) is 38.7 Å². The molecule has 0 radical (unpaired) electrons. The third kappa shape index (κ3) is 3.27. The van der Waals surface area contributed by atoms with E-state index >= 15 is 0 Å². The van der Waals surface area contributed by atoms with Crippen molar-refractivity contribution in [3.63, 3.8) is 0 Å². The van der Waals surface area contributed by atoms with Crippen LogP contribution in [0, 0.1) is 30.1 Å². The normalized spacial score (nSPS) is 27.2. The van der Waals surface area contributed by atoms with Gasteiger partial charge in [-0.3, -0.25) is 9.59 Å². The van der Waals surface area contributed by atoms with Crippen LogP contribution in [0.5, 0.6) is 0 Å². The SMILES string of the molecule is Cc1[nH]c(=O)c(C#N)cc1C(=O)N1CC[C@@](O)(C2CCOCC2)[C@H](C)C1. The summed E-state index contributed by atoms with van der Waals surface area (Å²) in [6, 6.07) is 3.18. The highest BCUT2D eigenvalue weighted by Crippen LogP contribution is 2.39. The molecule has 7 nitrogen and oxygen atoms in total. The van der Waals surface area contributed by atoms with Crippen LogP contribution in [0.15, 0.2) is 10.9 Å². The Kier molecular flexibility index (Phi) is 5.17. The number of likely N-dealkylation sites (tertiary alicyclic amines) is 1. The van der Waals surface area contributed by atoms with Crippen LogP contribution in [-0.4, -0.2) is 52.8 Å². The average molecular weight is 359 g/mol. The summed E-state index contributed by atoms with van der Waals surface area (Å²) in [7, 11) is 0. The molecule has 2 N–H and O–H groups in total. The molecule has 2 fully saturated rings. The zero-order valence-corrected chi connectivity index (χ0v) is 15.2. The number of hydrogen-bond acceptors (Lipinski definition) is 5. The van der Waals surface area contributed by atoms with Gasteiger partial charge in [0, 0.05) is 37.9 Å². The van der Waals surface area contributed by atoms with E-state index in [1.165, 1.54) is 6.07 Å². The first-order valence-corrected chi connectivity index (χ1v) is 9.10. The van der Waals surface area contributed by atoms with Gasteiger partial charge >= 0.3 is 0 Å². The Hall–Kier alpha value is -2.17. The van der Waals surface area contributed by atoms with Crippen LogP contribution in [0.2, 0.25) is 0 Å². The van der Waals surface area contributed by atoms with E-state index in [9.17, 15) is 14.7 Å². The number of aromatic amines is 1. The number of amides is 1. The summed E-state index contributed by atoms with van der Waals surface area (Å²) in [5, 5.41) is 20.3. The second kappa shape index (κ2) is 7.22. The van der Waals surface area contributed by atoms with Gasteiger partial charge in [0.25, 0.3) is 11.5 Å². The van der Waals surface area contributed by atoms with Crippen LogP contribution in [0.3, 0.4) is 0 Å². The Morgan fingerprint density at radius 1 is 1.46 bits per heavy atom. The zero-order chi connectivity index (χ0) is 18.9. The third-order valence-electron chi connectivity index (χ3n) is 5.93. The molecule has 1 aromatic heterocycles. The smallest absolute Gasteiger partial charge is 0.266 e. The minimum absolute atomic E-state index is 0.0539. The van der Waals surface area contributed by atoms with Crippen molar-refractivity contribution < 1.29 is 14.6 Å². The highest BCUT2D eigenvalue weighted by atomic mass is 16.5. The van der Waals surface area contributed by atoms with E-state index in [0.717, 1.165) is 12.8 Å². The second-order valence-electron chi connectivity index (χ2n) is 7.44. The molecule has 0 spiro atoms. The number of aryl methyl sites for hydroxylation is 1. The van der Waals surface area contributed by atoms with Crippen molar-refractivity contribution in [1.82, 2.24) is 9.88 Å². The fourth-order valence-electron chi connectivity index (χ4n) is 4.23. The molecule has 0 saturated carbocycles. The van der Waals surface area contributed by atoms with Crippen LogP contribution in [0.4, 0.5) is 0 Å². The van der Waals surface area contributed by atoms with Crippen LogP contribution in [-0.2, 0) is 4.74 Å². The predicted octanol–water partition coefficient (Wildman–Crippen LogP) is 1.19. The molecule has 0 bridgehead atoms. The number of carbonyl (C=O) groups excluding carboxylic acids is 1. The lowest BCUT2D eigenvalue weighted by atomic mass is 9.70. The van der Waals surface area contributed by atoms with E-state index in [2.05, 4.69) is 4.98 Å². The first-order valence-electron chi connectivity index (χ1n) is 9.10. The highest BCUT2D eigenvalue weighted by Gasteiger charge is 2.46. The van der Waals surface area contributed by atoms with Crippen LogP contribution in [0.25, 0.3) is 0 Å². The summed E-state index contributed by atoms with van der Waals surface area (Å²) in [5.41, 5.74) is -0.537. The molecule has 140 valence electrons. The number of carbonyl (C=O) groups is 1. The standard InChI is InChI=1S/C19H25N3O4/c1-12-11-22(6-5-19(12,25)15-3-7-26-8-4-15)18(24)16-9-14(10-20)17(23)21-13(16)2/h9,12,15,25H,3-8,11H2,1-2H3,(H,21,23)/t12-,19+/m1/s1. The van der Waals surface area contributed by atoms with Gasteiger partial charge in [-0.2, -0.15) is 5.26 Å². The molecule has 2 saturated heterocycles. The van der Waals surface area contributed by atoms with Gasteiger partial charge in [-0.1, -0.05) is 6.92 Å². The molecule has 2 aliphatic heterocycles. The average Bonchev–Trinajstić information content (AvgIpc) is 2.64. The minimum Gasteiger partial charge on any atom is -0.389 e. The van der Waals surface area contributed by atoms with E-state index in [1.54, 1.807) is 11.8 Å². The number of rotatable bonds is 2. The number of aliphatic hydroxyl groups is 1. The number of ether oxygens (including phenoxy) is 1. The monoisotopic (exact) mass is 359 g/mol. The number of nitriles is 1. The molecule has 1 aromatic rings. The quantitative estimate of drug-likeness (QED) is 0.825.